The summed E-state index contributed by atoms with van der Waals surface area (Å²) < 4.78 is 13.6. The zero-order chi connectivity index (χ0) is 15.1. The van der Waals surface area contributed by atoms with Crippen molar-refractivity contribution in [2.24, 2.45) is 5.73 Å². The van der Waals surface area contributed by atoms with Gasteiger partial charge in [-0.25, -0.2) is 9.37 Å². The third-order valence-electron chi connectivity index (χ3n) is 3.00. The molecular formula is C15H18FN3OS. The quantitative estimate of drug-likeness (QED) is 0.772. The topological polar surface area (TPSA) is 68.0 Å². The van der Waals surface area contributed by atoms with E-state index in [2.05, 4.69) is 10.3 Å². The lowest BCUT2D eigenvalue weighted by Crippen LogP contribution is -2.25. The summed E-state index contributed by atoms with van der Waals surface area (Å²) in [5.41, 5.74) is 6.36. The highest BCUT2D eigenvalue weighted by Gasteiger charge is 2.11. The Morgan fingerprint density at radius 1 is 1.33 bits per heavy atom. The largest absolute Gasteiger partial charge is 0.351 e. The molecule has 1 amide bonds. The molecule has 0 aliphatic rings. The van der Waals surface area contributed by atoms with E-state index in [0.29, 0.717) is 30.8 Å². The first-order valence-electron chi connectivity index (χ1n) is 6.87. The fourth-order valence-corrected chi connectivity index (χ4v) is 2.66. The first kappa shape index (κ1) is 15.6. The summed E-state index contributed by atoms with van der Waals surface area (Å²) in [6.07, 6.45) is 2.14. The maximum absolute atomic E-state index is 13.6. The van der Waals surface area contributed by atoms with Gasteiger partial charge in [-0.15, -0.1) is 11.3 Å². The van der Waals surface area contributed by atoms with E-state index in [4.69, 9.17) is 5.73 Å². The number of thiazole rings is 1. The predicted octanol–water partition coefficient (Wildman–Crippen LogP) is 2.34. The van der Waals surface area contributed by atoms with Crippen LogP contribution in [0, 0.1) is 5.82 Å². The number of nitrogens with one attached hydrogen (secondary N) is 1. The average molecular weight is 307 g/mol. The maximum atomic E-state index is 13.6. The normalized spacial score (nSPS) is 10.6. The molecule has 0 aliphatic heterocycles. The second-order valence-electron chi connectivity index (χ2n) is 4.65. The van der Waals surface area contributed by atoms with Crippen molar-refractivity contribution < 1.29 is 9.18 Å². The summed E-state index contributed by atoms with van der Waals surface area (Å²) in [6, 6.07) is 6.59. The molecule has 0 aliphatic carbocycles. The molecule has 0 atom stereocenters. The van der Waals surface area contributed by atoms with E-state index in [0.717, 1.165) is 17.8 Å². The highest BCUT2D eigenvalue weighted by molar-refractivity contribution is 7.09. The van der Waals surface area contributed by atoms with Gasteiger partial charge in [-0.3, -0.25) is 4.79 Å². The summed E-state index contributed by atoms with van der Waals surface area (Å²) in [4.78, 5) is 16.1. The second-order valence-corrected chi connectivity index (χ2v) is 5.59. The van der Waals surface area contributed by atoms with Crippen molar-refractivity contribution >= 4 is 17.2 Å². The monoisotopic (exact) mass is 307 g/mol. The molecule has 6 heteroatoms. The highest BCUT2D eigenvalue weighted by atomic mass is 32.1. The Kier molecular flexibility index (Phi) is 5.83. The Bertz CT molecular complexity index is 600. The molecule has 4 nitrogen and oxygen atoms in total. The van der Waals surface area contributed by atoms with E-state index >= 15 is 0 Å². The molecule has 1 aromatic carbocycles. The standard InChI is InChI=1S/C15H18FN3OS/c16-12-6-2-1-5-11(12)9-14-19-13(10-21-14)15(20)18-8-4-3-7-17/h1-2,5-6,10H,3-4,7-9,17H2,(H,18,20). The fourth-order valence-electron chi connectivity index (χ4n) is 1.86. The van der Waals surface area contributed by atoms with Gasteiger partial charge >= 0.3 is 0 Å². The molecule has 21 heavy (non-hydrogen) atoms. The summed E-state index contributed by atoms with van der Waals surface area (Å²) in [5.74, 6) is -0.441. The number of carbonyl (C=O) groups excluding carboxylic acids is 1. The van der Waals surface area contributed by atoms with Crippen molar-refractivity contribution in [2.45, 2.75) is 19.3 Å². The van der Waals surface area contributed by atoms with Crippen LogP contribution in [-0.4, -0.2) is 24.0 Å². The lowest BCUT2D eigenvalue weighted by atomic mass is 10.1. The minimum Gasteiger partial charge on any atom is -0.351 e. The first-order chi connectivity index (χ1) is 10.2. The van der Waals surface area contributed by atoms with Crippen LogP contribution in [0.1, 0.15) is 33.9 Å². The molecule has 112 valence electrons. The van der Waals surface area contributed by atoms with Crippen molar-refractivity contribution in [3.8, 4) is 0 Å². The van der Waals surface area contributed by atoms with Crippen molar-refractivity contribution in [3.05, 3.63) is 51.7 Å². The molecule has 0 spiro atoms. The van der Waals surface area contributed by atoms with Gasteiger partial charge in [0.15, 0.2) is 0 Å². The number of unbranched alkanes of at least 4 members (excludes halogenated alkanes) is 1. The zero-order valence-electron chi connectivity index (χ0n) is 11.6. The van der Waals surface area contributed by atoms with Crippen LogP contribution in [0.3, 0.4) is 0 Å². The summed E-state index contributed by atoms with van der Waals surface area (Å²) in [6.45, 7) is 1.22. The number of nitrogens with two attached hydrogens (primary N) is 1. The van der Waals surface area contributed by atoms with Gasteiger partial charge < -0.3 is 11.1 Å². The Morgan fingerprint density at radius 2 is 2.14 bits per heavy atom. The van der Waals surface area contributed by atoms with Crippen LogP contribution in [0.2, 0.25) is 0 Å². The van der Waals surface area contributed by atoms with E-state index < -0.39 is 0 Å². The van der Waals surface area contributed by atoms with Crippen molar-refractivity contribution in [2.75, 3.05) is 13.1 Å². The van der Waals surface area contributed by atoms with Gasteiger partial charge in [-0.05, 0) is 31.0 Å². The van der Waals surface area contributed by atoms with Gasteiger partial charge in [0.25, 0.3) is 5.91 Å². The number of amides is 1. The lowest BCUT2D eigenvalue weighted by Gasteiger charge is -2.02. The van der Waals surface area contributed by atoms with Gasteiger partial charge in [0.2, 0.25) is 0 Å². The van der Waals surface area contributed by atoms with Crippen LogP contribution in [0.25, 0.3) is 0 Å². The number of rotatable bonds is 7. The average Bonchev–Trinajstić information content (AvgIpc) is 2.94. The molecule has 0 saturated carbocycles. The third-order valence-corrected chi connectivity index (χ3v) is 3.85. The molecule has 0 radical (unpaired) electrons. The molecule has 0 saturated heterocycles. The highest BCUT2D eigenvalue weighted by Crippen LogP contribution is 2.17. The van der Waals surface area contributed by atoms with Gasteiger partial charge in [0.05, 0.1) is 5.01 Å². The molecular weight excluding hydrogens is 289 g/mol. The van der Waals surface area contributed by atoms with Crippen LogP contribution in [-0.2, 0) is 6.42 Å². The summed E-state index contributed by atoms with van der Waals surface area (Å²) in [7, 11) is 0. The van der Waals surface area contributed by atoms with Gasteiger partial charge in [-0.1, -0.05) is 18.2 Å². The minimum atomic E-state index is -0.250. The summed E-state index contributed by atoms with van der Waals surface area (Å²) in [5, 5.41) is 5.23. The van der Waals surface area contributed by atoms with E-state index in [1.165, 1.54) is 17.4 Å². The van der Waals surface area contributed by atoms with Crippen LogP contribution in [0.15, 0.2) is 29.6 Å². The molecule has 1 aromatic heterocycles. The molecule has 0 fully saturated rings. The molecule has 0 unspecified atom stereocenters. The van der Waals surface area contributed by atoms with Crippen molar-refractivity contribution in [1.82, 2.24) is 10.3 Å². The van der Waals surface area contributed by atoms with Crippen molar-refractivity contribution in [3.63, 3.8) is 0 Å². The van der Waals surface area contributed by atoms with Gasteiger partial charge in [0, 0.05) is 18.3 Å². The Labute approximate surface area is 127 Å². The molecule has 1 heterocycles. The lowest BCUT2D eigenvalue weighted by molar-refractivity contribution is 0.0948. The fraction of sp³-hybridized carbons (Fsp3) is 0.333. The SMILES string of the molecule is NCCCCNC(=O)c1csc(Cc2ccccc2F)n1. The zero-order valence-corrected chi connectivity index (χ0v) is 12.5. The molecule has 0 bridgehead atoms. The Hall–Kier alpha value is -1.79. The van der Waals surface area contributed by atoms with Crippen LogP contribution in [0.4, 0.5) is 4.39 Å². The number of benzene rings is 1. The number of nitrogens with zero attached hydrogens (tertiary/aromatic N) is 1. The number of aromatic nitrogens is 1. The number of hydrogen-bond acceptors (Lipinski definition) is 4. The van der Waals surface area contributed by atoms with Crippen LogP contribution in [0.5, 0.6) is 0 Å². The van der Waals surface area contributed by atoms with E-state index in [9.17, 15) is 9.18 Å². The van der Waals surface area contributed by atoms with Crippen LogP contribution < -0.4 is 11.1 Å². The van der Waals surface area contributed by atoms with E-state index in [-0.39, 0.29) is 11.7 Å². The maximum Gasteiger partial charge on any atom is 0.270 e. The van der Waals surface area contributed by atoms with Crippen LogP contribution >= 0.6 is 11.3 Å². The molecule has 2 aromatic rings. The minimum absolute atomic E-state index is 0.192. The predicted molar refractivity (Wildman–Crippen MR) is 81.9 cm³/mol. The third kappa shape index (κ3) is 4.61. The van der Waals surface area contributed by atoms with E-state index in [1.54, 1.807) is 23.6 Å². The smallest absolute Gasteiger partial charge is 0.270 e. The number of carbonyl (C=O) groups is 1. The number of hydrogen-bond donors (Lipinski definition) is 2. The molecule has 2 rings (SSSR count). The Morgan fingerprint density at radius 3 is 2.90 bits per heavy atom. The van der Waals surface area contributed by atoms with Crippen molar-refractivity contribution in [1.29, 1.82) is 0 Å². The van der Waals surface area contributed by atoms with Gasteiger partial charge in [0.1, 0.15) is 11.5 Å². The molecule has 3 N–H and O–H groups in total. The van der Waals surface area contributed by atoms with Gasteiger partial charge in [-0.2, -0.15) is 0 Å². The Balaban J connectivity index is 1.92. The second kappa shape index (κ2) is 7.85. The first-order valence-corrected chi connectivity index (χ1v) is 7.74. The van der Waals surface area contributed by atoms with E-state index in [1.807, 2.05) is 0 Å². The number of halogens is 1. The summed E-state index contributed by atoms with van der Waals surface area (Å²) >= 11 is 1.37.